The first kappa shape index (κ1) is 18.6. The van der Waals surface area contributed by atoms with Crippen molar-refractivity contribution in [3.8, 4) is 11.1 Å². The molecule has 5 nitrogen and oxygen atoms in total. The van der Waals surface area contributed by atoms with E-state index in [9.17, 15) is 4.79 Å². The van der Waals surface area contributed by atoms with Gasteiger partial charge in [-0.15, -0.1) is 0 Å². The number of hydrogen-bond donors (Lipinski definition) is 1. The number of hydrogen-bond acceptors (Lipinski definition) is 4. The third kappa shape index (κ3) is 4.22. The Morgan fingerprint density at radius 3 is 2.54 bits per heavy atom. The number of carbonyl (C=O) groups is 1. The van der Waals surface area contributed by atoms with Gasteiger partial charge in [0.2, 0.25) is 5.95 Å². The highest BCUT2D eigenvalue weighted by molar-refractivity contribution is 9.10. The highest BCUT2D eigenvalue weighted by atomic mass is 79.9. The van der Waals surface area contributed by atoms with Crippen LogP contribution in [0.2, 0.25) is 0 Å². The van der Waals surface area contributed by atoms with Crippen molar-refractivity contribution in [2.24, 2.45) is 0 Å². The van der Waals surface area contributed by atoms with Crippen LogP contribution >= 0.6 is 15.9 Å². The van der Waals surface area contributed by atoms with Crippen molar-refractivity contribution >= 4 is 27.8 Å². The molecule has 4 rings (SSSR count). The zero-order valence-corrected chi connectivity index (χ0v) is 17.0. The van der Waals surface area contributed by atoms with Crippen molar-refractivity contribution in [2.75, 3.05) is 18.4 Å². The van der Waals surface area contributed by atoms with Gasteiger partial charge >= 0.3 is 0 Å². The molecule has 0 saturated carbocycles. The van der Waals surface area contributed by atoms with Crippen LogP contribution in [-0.2, 0) is 0 Å². The fourth-order valence-corrected chi connectivity index (χ4v) is 3.76. The lowest BCUT2D eigenvalue weighted by Crippen LogP contribution is -2.45. The molecule has 3 aromatic rings. The first-order valence-electron chi connectivity index (χ1n) is 9.38. The second-order valence-electron chi connectivity index (χ2n) is 6.87. The van der Waals surface area contributed by atoms with E-state index >= 15 is 0 Å². The number of piperidine rings is 1. The lowest BCUT2D eigenvalue weighted by atomic mass is 9.97. The van der Waals surface area contributed by atoms with Crippen LogP contribution in [0.3, 0.4) is 0 Å². The number of carbonyl (C=O) groups excluding carboxylic acids is 1. The van der Waals surface area contributed by atoms with E-state index in [1.54, 1.807) is 12.4 Å². The van der Waals surface area contributed by atoms with Gasteiger partial charge in [0.1, 0.15) is 0 Å². The second-order valence-corrected chi connectivity index (χ2v) is 7.79. The standard InChI is InChI=1S/C22H21BrN4O/c23-17-13-24-22(25-14-17)26-18-9-6-12-27(15-18)21(28)20-11-5-4-10-19(20)16-7-2-1-3-8-16/h1-5,7-8,10-11,13-14,18H,6,9,12,15H2,(H,24,25,26). The number of amides is 1. The number of benzene rings is 2. The van der Waals surface area contributed by atoms with Gasteiger partial charge in [-0.05, 0) is 46.0 Å². The fraction of sp³-hybridized carbons (Fsp3) is 0.227. The Kier molecular flexibility index (Phi) is 5.67. The van der Waals surface area contributed by atoms with Crippen LogP contribution < -0.4 is 5.32 Å². The molecule has 1 unspecified atom stereocenters. The molecule has 6 heteroatoms. The fourth-order valence-electron chi connectivity index (χ4n) is 3.56. The normalized spacial score (nSPS) is 16.6. The van der Waals surface area contributed by atoms with Gasteiger partial charge in [-0.2, -0.15) is 0 Å². The average Bonchev–Trinajstić information content (AvgIpc) is 2.76. The topological polar surface area (TPSA) is 58.1 Å². The van der Waals surface area contributed by atoms with Crippen molar-refractivity contribution in [1.29, 1.82) is 0 Å². The van der Waals surface area contributed by atoms with Crippen LogP contribution in [0.25, 0.3) is 11.1 Å². The van der Waals surface area contributed by atoms with Crippen LogP contribution in [0.4, 0.5) is 5.95 Å². The van der Waals surface area contributed by atoms with E-state index in [2.05, 4.69) is 31.2 Å². The monoisotopic (exact) mass is 436 g/mol. The van der Waals surface area contributed by atoms with Crippen molar-refractivity contribution < 1.29 is 4.79 Å². The smallest absolute Gasteiger partial charge is 0.254 e. The third-order valence-corrected chi connectivity index (χ3v) is 5.31. The zero-order valence-electron chi connectivity index (χ0n) is 15.4. The Balaban J connectivity index is 1.51. The van der Waals surface area contributed by atoms with Gasteiger partial charge in [-0.1, -0.05) is 48.5 Å². The lowest BCUT2D eigenvalue weighted by Gasteiger charge is -2.33. The van der Waals surface area contributed by atoms with E-state index in [0.717, 1.165) is 40.5 Å². The summed E-state index contributed by atoms with van der Waals surface area (Å²) in [4.78, 5) is 23.8. The van der Waals surface area contributed by atoms with E-state index < -0.39 is 0 Å². The van der Waals surface area contributed by atoms with Crippen molar-refractivity contribution in [3.63, 3.8) is 0 Å². The van der Waals surface area contributed by atoms with Crippen LogP contribution in [0.5, 0.6) is 0 Å². The van der Waals surface area contributed by atoms with E-state index in [1.165, 1.54) is 0 Å². The van der Waals surface area contributed by atoms with Gasteiger partial charge < -0.3 is 10.2 Å². The molecule has 1 N–H and O–H groups in total. The Morgan fingerprint density at radius 2 is 1.75 bits per heavy atom. The number of halogens is 1. The van der Waals surface area contributed by atoms with Gasteiger partial charge in [0.25, 0.3) is 5.91 Å². The zero-order chi connectivity index (χ0) is 19.3. The molecule has 0 radical (unpaired) electrons. The van der Waals surface area contributed by atoms with Gasteiger partial charge in [0.15, 0.2) is 0 Å². The number of anilines is 1. The van der Waals surface area contributed by atoms with E-state index in [1.807, 2.05) is 59.5 Å². The Labute approximate surface area is 173 Å². The number of rotatable bonds is 4. The molecule has 2 heterocycles. The molecule has 0 bridgehead atoms. The maximum absolute atomic E-state index is 13.3. The third-order valence-electron chi connectivity index (χ3n) is 4.90. The summed E-state index contributed by atoms with van der Waals surface area (Å²) in [5.74, 6) is 0.662. The van der Waals surface area contributed by atoms with Crippen molar-refractivity contribution in [3.05, 3.63) is 77.0 Å². The maximum atomic E-state index is 13.3. The minimum atomic E-state index is 0.0719. The number of nitrogens with one attached hydrogen (secondary N) is 1. The van der Waals surface area contributed by atoms with Crippen LogP contribution in [0.1, 0.15) is 23.2 Å². The summed E-state index contributed by atoms with van der Waals surface area (Å²) in [6.07, 6.45) is 5.38. The first-order valence-corrected chi connectivity index (χ1v) is 10.2. The summed E-state index contributed by atoms with van der Waals surface area (Å²) >= 11 is 3.35. The van der Waals surface area contributed by atoms with Gasteiger partial charge in [-0.3, -0.25) is 4.79 Å². The molecule has 1 saturated heterocycles. The highest BCUT2D eigenvalue weighted by Crippen LogP contribution is 2.26. The summed E-state index contributed by atoms with van der Waals surface area (Å²) in [6, 6.07) is 18.0. The SMILES string of the molecule is O=C(c1ccccc1-c1ccccc1)N1CCCC(Nc2ncc(Br)cn2)C1. The summed E-state index contributed by atoms with van der Waals surface area (Å²) in [6.45, 7) is 1.41. The van der Waals surface area contributed by atoms with Crippen LogP contribution in [0.15, 0.2) is 71.5 Å². The average molecular weight is 437 g/mol. The Morgan fingerprint density at radius 1 is 1.04 bits per heavy atom. The predicted molar refractivity (Wildman–Crippen MR) is 114 cm³/mol. The second kappa shape index (κ2) is 8.52. The molecule has 0 aliphatic carbocycles. The van der Waals surface area contributed by atoms with Gasteiger partial charge in [0, 0.05) is 37.1 Å². The van der Waals surface area contributed by atoms with E-state index in [-0.39, 0.29) is 11.9 Å². The number of nitrogens with zero attached hydrogens (tertiary/aromatic N) is 3. The molecule has 1 aliphatic rings. The molecular formula is C22H21BrN4O. The number of aromatic nitrogens is 2. The Hall–Kier alpha value is -2.73. The molecule has 1 aromatic heterocycles. The molecule has 28 heavy (non-hydrogen) atoms. The predicted octanol–water partition coefficient (Wildman–Crippen LogP) is 4.62. The first-order chi connectivity index (χ1) is 13.7. The maximum Gasteiger partial charge on any atom is 0.254 e. The summed E-state index contributed by atoms with van der Waals surface area (Å²) in [5, 5.41) is 3.35. The minimum Gasteiger partial charge on any atom is -0.350 e. The van der Waals surface area contributed by atoms with Crippen LogP contribution in [-0.4, -0.2) is 39.9 Å². The van der Waals surface area contributed by atoms with Crippen molar-refractivity contribution in [1.82, 2.24) is 14.9 Å². The van der Waals surface area contributed by atoms with Gasteiger partial charge in [0.05, 0.1) is 4.47 Å². The highest BCUT2D eigenvalue weighted by Gasteiger charge is 2.26. The Bertz CT molecular complexity index is 946. The molecule has 1 atom stereocenters. The molecule has 142 valence electrons. The molecular weight excluding hydrogens is 416 g/mol. The van der Waals surface area contributed by atoms with E-state index in [0.29, 0.717) is 12.5 Å². The molecule has 2 aromatic carbocycles. The summed E-state index contributed by atoms with van der Waals surface area (Å²) in [7, 11) is 0. The number of likely N-dealkylation sites (tertiary alicyclic amines) is 1. The molecule has 1 fully saturated rings. The van der Waals surface area contributed by atoms with Gasteiger partial charge in [-0.25, -0.2) is 9.97 Å². The summed E-state index contributed by atoms with van der Waals surface area (Å²) in [5.41, 5.74) is 2.77. The summed E-state index contributed by atoms with van der Waals surface area (Å²) < 4.78 is 0.844. The van der Waals surface area contributed by atoms with E-state index in [4.69, 9.17) is 0 Å². The van der Waals surface area contributed by atoms with Crippen LogP contribution in [0, 0.1) is 0 Å². The molecule has 1 aliphatic heterocycles. The quantitative estimate of drug-likeness (QED) is 0.647. The molecule has 0 spiro atoms. The minimum absolute atomic E-state index is 0.0719. The largest absolute Gasteiger partial charge is 0.350 e. The lowest BCUT2D eigenvalue weighted by molar-refractivity contribution is 0.0715. The molecule has 1 amide bonds. The van der Waals surface area contributed by atoms with Crippen molar-refractivity contribution in [2.45, 2.75) is 18.9 Å².